The van der Waals surface area contributed by atoms with Gasteiger partial charge in [0.2, 0.25) is 0 Å². The van der Waals surface area contributed by atoms with Gasteiger partial charge in [-0.3, -0.25) is 9.69 Å². The van der Waals surface area contributed by atoms with E-state index < -0.39 is 102 Å². The highest BCUT2D eigenvalue weighted by atomic mass is 16.7. The highest BCUT2D eigenvalue weighted by molar-refractivity contribution is 5.73. The summed E-state index contributed by atoms with van der Waals surface area (Å²) in [5, 5.41) is 46.0. The van der Waals surface area contributed by atoms with Crippen LogP contribution in [0.4, 0.5) is 0 Å². The van der Waals surface area contributed by atoms with E-state index in [4.69, 9.17) is 33.2 Å². The van der Waals surface area contributed by atoms with Crippen molar-refractivity contribution in [3.05, 3.63) is 0 Å². The molecule has 4 N–H and O–H groups in total. The fourth-order valence-corrected chi connectivity index (χ4v) is 9.24. The number of ether oxygens (including phenoxy) is 7. The van der Waals surface area contributed by atoms with E-state index in [9.17, 15) is 25.2 Å². The Bertz CT molecular complexity index is 1190. The number of aliphatic hydroxyl groups excluding tert-OH is 3. The highest BCUT2D eigenvalue weighted by Gasteiger charge is 2.57. The number of methoxy groups -OCH3 is 1. The zero-order valence-corrected chi connectivity index (χ0v) is 34.0. The number of carbonyl (C=O) groups excluding carboxylic acids is 1. The van der Waals surface area contributed by atoms with E-state index in [-0.39, 0.29) is 30.9 Å². The third kappa shape index (κ3) is 8.53. The third-order valence-corrected chi connectivity index (χ3v) is 12.8. The van der Waals surface area contributed by atoms with E-state index >= 15 is 0 Å². The number of likely N-dealkylation sites (N-methyl/N-ethyl adjacent to an activating group) is 2. The van der Waals surface area contributed by atoms with Crippen LogP contribution in [0, 0.1) is 17.8 Å². The zero-order valence-electron chi connectivity index (χ0n) is 34.0. The number of nitrogens with zero attached hydrogens (tertiary/aromatic N) is 2. The lowest BCUT2D eigenvalue weighted by atomic mass is 9.79. The number of hydrogen-bond donors (Lipinski definition) is 4. The molecular weight excluding hydrogens is 676 g/mol. The predicted molar refractivity (Wildman–Crippen MR) is 192 cm³/mol. The molecule has 3 unspecified atom stereocenters. The number of aliphatic hydroxyl groups is 4. The van der Waals surface area contributed by atoms with Gasteiger partial charge in [0.1, 0.15) is 36.2 Å². The lowest BCUT2D eigenvalue weighted by molar-refractivity contribution is -0.321. The fourth-order valence-electron chi connectivity index (χ4n) is 9.24. The minimum absolute atomic E-state index is 0.0493. The van der Waals surface area contributed by atoms with E-state index in [0.29, 0.717) is 12.8 Å². The summed E-state index contributed by atoms with van der Waals surface area (Å²) in [6.45, 7) is 18.3. The second-order valence-corrected chi connectivity index (χ2v) is 17.2. The van der Waals surface area contributed by atoms with Gasteiger partial charge in [-0.2, -0.15) is 0 Å². The van der Waals surface area contributed by atoms with Gasteiger partial charge in [0, 0.05) is 31.5 Å². The molecule has 4 fully saturated rings. The van der Waals surface area contributed by atoms with Crippen LogP contribution in [0.3, 0.4) is 0 Å². The Morgan fingerprint density at radius 2 is 1.60 bits per heavy atom. The molecule has 0 saturated carbocycles. The Morgan fingerprint density at radius 1 is 0.962 bits per heavy atom. The van der Waals surface area contributed by atoms with E-state index in [0.717, 1.165) is 0 Å². The lowest BCUT2D eigenvalue weighted by Gasteiger charge is -2.49. The van der Waals surface area contributed by atoms with Gasteiger partial charge in [-0.1, -0.05) is 20.8 Å². The number of hydrogen-bond acceptors (Lipinski definition) is 14. The topological polar surface area (TPSA) is 169 Å². The maximum atomic E-state index is 14.2. The summed E-state index contributed by atoms with van der Waals surface area (Å²) in [6, 6.07) is -0.818. The third-order valence-electron chi connectivity index (χ3n) is 12.8. The Hall–Kier alpha value is -1.01. The summed E-state index contributed by atoms with van der Waals surface area (Å²) < 4.78 is 45.1. The molecule has 4 heterocycles. The van der Waals surface area contributed by atoms with E-state index in [1.807, 2.05) is 58.6 Å². The normalized spacial score (nSPS) is 51.6. The maximum absolute atomic E-state index is 14.2. The lowest BCUT2D eigenvalue weighted by Crippen LogP contribution is -2.62. The first-order valence-electron chi connectivity index (χ1n) is 19.2. The summed E-state index contributed by atoms with van der Waals surface area (Å²) in [5.74, 6) is -2.22. The maximum Gasteiger partial charge on any atom is 0.311 e. The van der Waals surface area contributed by atoms with Crippen LogP contribution in [-0.4, -0.2) is 161 Å². The first-order chi connectivity index (χ1) is 24.0. The van der Waals surface area contributed by atoms with Crippen molar-refractivity contribution in [2.45, 2.75) is 191 Å². The zero-order chi connectivity index (χ0) is 39.2. The standard InChI is InChI=1S/C38H70N2O12/c1-15-26-38(10,45)30(42)23(6)40(13)33-19(2)17-37(9,52-33)32(51-35-28(41)25(39(11)12)16-20(3)47-35)21(4)29(22(5)34(44)49-26)50-27-18-36(8,46-14)31(43)24(7)48-27/h19-33,35,41-43,45H,15-18H2,1-14H3/t19-,20-,21+,22-,23-,24+,25+,26-,27?,28-,29+,30-,31+,32-,33?,35+,36-,37?,38-/m1/s1. The van der Waals surface area contributed by atoms with Crippen molar-refractivity contribution in [3.63, 3.8) is 0 Å². The molecule has 0 aromatic rings. The second-order valence-electron chi connectivity index (χ2n) is 17.2. The van der Waals surface area contributed by atoms with Crippen LogP contribution < -0.4 is 0 Å². The van der Waals surface area contributed by atoms with Crippen LogP contribution in [0.1, 0.15) is 94.9 Å². The minimum Gasteiger partial charge on any atom is -0.459 e. The molecule has 4 rings (SSSR count). The quantitative estimate of drug-likeness (QED) is 0.280. The molecule has 0 radical (unpaired) electrons. The van der Waals surface area contributed by atoms with Crippen LogP contribution >= 0.6 is 0 Å². The van der Waals surface area contributed by atoms with E-state index in [1.54, 1.807) is 27.7 Å². The molecule has 0 amide bonds. The number of carbonyl (C=O) groups is 1. The van der Waals surface area contributed by atoms with Gasteiger partial charge in [-0.05, 0) is 94.8 Å². The Kier molecular flexibility index (Phi) is 14.0. The smallest absolute Gasteiger partial charge is 0.311 e. The van der Waals surface area contributed by atoms with Gasteiger partial charge in [-0.25, -0.2) is 0 Å². The number of rotatable bonds is 7. The van der Waals surface area contributed by atoms with E-state index in [1.165, 1.54) is 14.0 Å². The minimum atomic E-state index is -1.80. The molecule has 4 aliphatic rings. The first kappa shape index (κ1) is 43.7. The van der Waals surface area contributed by atoms with Crippen LogP contribution in [0.15, 0.2) is 0 Å². The van der Waals surface area contributed by atoms with Gasteiger partial charge in [0.25, 0.3) is 0 Å². The summed E-state index contributed by atoms with van der Waals surface area (Å²) >= 11 is 0. The van der Waals surface area contributed by atoms with Crippen molar-refractivity contribution < 1.29 is 58.4 Å². The van der Waals surface area contributed by atoms with Crippen molar-refractivity contribution in [2.75, 3.05) is 28.3 Å². The van der Waals surface area contributed by atoms with Crippen molar-refractivity contribution in [2.24, 2.45) is 17.8 Å². The van der Waals surface area contributed by atoms with Crippen LogP contribution in [0.25, 0.3) is 0 Å². The van der Waals surface area contributed by atoms with E-state index in [2.05, 4.69) is 6.92 Å². The predicted octanol–water partition coefficient (Wildman–Crippen LogP) is 2.26. The monoisotopic (exact) mass is 746 g/mol. The molecule has 52 heavy (non-hydrogen) atoms. The van der Waals surface area contributed by atoms with Crippen molar-refractivity contribution in [1.29, 1.82) is 0 Å². The van der Waals surface area contributed by atoms with Gasteiger partial charge < -0.3 is 58.5 Å². The van der Waals surface area contributed by atoms with Crippen LogP contribution in [0.2, 0.25) is 0 Å². The number of cyclic esters (lactones) is 1. The largest absolute Gasteiger partial charge is 0.459 e. The summed E-state index contributed by atoms with van der Waals surface area (Å²) in [4.78, 5) is 18.1. The molecule has 14 nitrogen and oxygen atoms in total. The van der Waals surface area contributed by atoms with Crippen molar-refractivity contribution in [1.82, 2.24) is 9.80 Å². The molecule has 2 bridgehead atoms. The highest BCUT2D eigenvalue weighted by Crippen LogP contribution is 2.46. The molecule has 4 saturated heterocycles. The van der Waals surface area contributed by atoms with Gasteiger partial charge in [0.15, 0.2) is 12.6 Å². The molecule has 0 aliphatic carbocycles. The molecule has 14 heteroatoms. The van der Waals surface area contributed by atoms with Gasteiger partial charge >= 0.3 is 5.97 Å². The van der Waals surface area contributed by atoms with Crippen LogP contribution in [0.5, 0.6) is 0 Å². The summed E-state index contributed by atoms with van der Waals surface area (Å²) in [6.07, 6.45) is -7.64. The molecule has 0 aromatic heterocycles. The number of fused-ring (bicyclic) bond motifs is 2. The molecule has 19 atom stereocenters. The van der Waals surface area contributed by atoms with Crippen molar-refractivity contribution >= 4 is 5.97 Å². The SMILES string of the molecule is CC[C@H]1OC(=O)[C@H](C)[C@@H](OC2C[C@@](C)(OC)[C@@H](O)[C@H](C)O2)[C@H](C)[C@@H](O[C@@H]2O[C@H](C)C[C@H](N(C)C)[C@H]2O)C2(C)C[C@@H](C)C(O2)N(C)[C@H](C)[C@@H](O)[C@]1(C)O. The molecule has 0 spiro atoms. The summed E-state index contributed by atoms with van der Waals surface area (Å²) in [5.41, 5.74) is -3.79. The molecule has 304 valence electrons. The van der Waals surface area contributed by atoms with Crippen LogP contribution in [-0.2, 0) is 38.0 Å². The molecule has 4 aliphatic heterocycles. The average Bonchev–Trinajstić information content (AvgIpc) is 3.40. The van der Waals surface area contributed by atoms with Gasteiger partial charge in [0.05, 0.1) is 41.5 Å². The molecular formula is C38H70N2O12. The Morgan fingerprint density at radius 3 is 2.17 bits per heavy atom. The number of esters is 1. The second kappa shape index (κ2) is 16.6. The average molecular weight is 747 g/mol. The fraction of sp³-hybridized carbons (Fsp3) is 0.974. The van der Waals surface area contributed by atoms with Gasteiger partial charge in [-0.15, -0.1) is 0 Å². The van der Waals surface area contributed by atoms with Crippen molar-refractivity contribution in [3.8, 4) is 0 Å². The Balaban J connectivity index is 1.85. The first-order valence-corrected chi connectivity index (χ1v) is 19.2. The molecule has 0 aromatic carbocycles. The Labute approximate surface area is 311 Å². The summed E-state index contributed by atoms with van der Waals surface area (Å²) in [7, 11) is 7.21.